The zero-order valence-electron chi connectivity index (χ0n) is 14.3. The van der Waals surface area contributed by atoms with Gasteiger partial charge in [-0.3, -0.25) is 9.59 Å². The number of ether oxygens (including phenoxy) is 1. The lowest BCUT2D eigenvalue weighted by atomic mass is 9.85. The first-order chi connectivity index (χ1) is 12.6. The van der Waals surface area contributed by atoms with Crippen molar-refractivity contribution in [1.29, 1.82) is 0 Å². The molecule has 134 valence electrons. The second-order valence-corrected chi connectivity index (χ2v) is 6.94. The van der Waals surface area contributed by atoms with Gasteiger partial charge in [0.05, 0.1) is 16.9 Å². The molecule has 1 fully saturated rings. The van der Waals surface area contributed by atoms with Gasteiger partial charge in [-0.1, -0.05) is 12.1 Å². The lowest BCUT2D eigenvalue weighted by Gasteiger charge is -2.28. The number of hydrogen-bond acceptors (Lipinski definition) is 4. The molecule has 1 aromatic heterocycles. The molecular weight excluding hydrogens is 332 g/mol. The topological polar surface area (TPSA) is 76.7 Å². The Morgan fingerprint density at radius 1 is 1.04 bits per heavy atom. The maximum Gasteiger partial charge on any atom is 0.303 e. The van der Waals surface area contributed by atoms with Crippen molar-refractivity contribution in [2.75, 3.05) is 0 Å². The van der Waals surface area contributed by atoms with Crippen LogP contribution in [0.2, 0.25) is 0 Å². The van der Waals surface area contributed by atoms with Crippen LogP contribution in [0.5, 0.6) is 5.75 Å². The van der Waals surface area contributed by atoms with E-state index < -0.39 is 5.97 Å². The van der Waals surface area contributed by atoms with E-state index in [0.29, 0.717) is 27.7 Å². The van der Waals surface area contributed by atoms with Crippen molar-refractivity contribution in [2.24, 2.45) is 5.92 Å². The van der Waals surface area contributed by atoms with Crippen molar-refractivity contribution in [3.05, 3.63) is 52.7 Å². The van der Waals surface area contributed by atoms with Crippen molar-refractivity contribution in [2.45, 2.75) is 38.2 Å². The summed E-state index contributed by atoms with van der Waals surface area (Å²) in [6.07, 6.45) is 3.68. The largest absolute Gasteiger partial charge is 0.490 e. The maximum atomic E-state index is 12.7. The van der Waals surface area contributed by atoms with E-state index in [0.717, 1.165) is 25.7 Å². The van der Waals surface area contributed by atoms with E-state index >= 15 is 0 Å². The van der Waals surface area contributed by atoms with Gasteiger partial charge in [0.25, 0.3) is 0 Å². The molecule has 0 bridgehead atoms. The lowest BCUT2D eigenvalue weighted by Crippen LogP contribution is -2.25. The number of fused-ring (bicyclic) bond motifs is 2. The maximum absolute atomic E-state index is 12.7. The van der Waals surface area contributed by atoms with Gasteiger partial charge in [0.2, 0.25) is 5.43 Å². The van der Waals surface area contributed by atoms with Gasteiger partial charge in [-0.05, 0) is 61.9 Å². The van der Waals surface area contributed by atoms with Crippen LogP contribution in [0.3, 0.4) is 0 Å². The van der Waals surface area contributed by atoms with Crippen LogP contribution >= 0.6 is 0 Å². The molecule has 0 amide bonds. The molecule has 1 saturated carbocycles. The van der Waals surface area contributed by atoms with E-state index in [4.69, 9.17) is 14.3 Å². The van der Waals surface area contributed by atoms with Crippen LogP contribution in [0.4, 0.5) is 0 Å². The molecule has 26 heavy (non-hydrogen) atoms. The molecule has 2 aromatic carbocycles. The standard InChI is InChI=1S/C21H20O5/c22-20(23)11-13-5-7-14(8-6-13)25-15-9-10-19-17(12-15)21(24)16-3-1-2-4-18(16)26-19/h1-4,9-10,12-14H,5-8,11H2,(H,22,23)/t13-,14-. The predicted molar refractivity (Wildman–Crippen MR) is 98.6 cm³/mol. The average Bonchev–Trinajstić information content (AvgIpc) is 2.64. The lowest BCUT2D eigenvalue weighted by molar-refractivity contribution is -0.138. The third-order valence-electron chi connectivity index (χ3n) is 5.11. The molecule has 1 N–H and O–H groups in total. The summed E-state index contributed by atoms with van der Waals surface area (Å²) in [6.45, 7) is 0. The molecule has 0 spiro atoms. The van der Waals surface area contributed by atoms with Crippen molar-refractivity contribution < 1.29 is 19.1 Å². The number of carboxylic acid groups (broad SMARTS) is 1. The third-order valence-corrected chi connectivity index (χ3v) is 5.11. The van der Waals surface area contributed by atoms with Crippen molar-refractivity contribution in [3.63, 3.8) is 0 Å². The molecule has 0 unspecified atom stereocenters. The number of carbonyl (C=O) groups is 1. The molecule has 0 aliphatic heterocycles. The van der Waals surface area contributed by atoms with E-state index in [1.54, 1.807) is 24.3 Å². The minimum absolute atomic E-state index is 0.0579. The number of rotatable bonds is 4. The Balaban J connectivity index is 1.55. The normalized spacial score (nSPS) is 20.3. The Morgan fingerprint density at radius 2 is 1.77 bits per heavy atom. The highest BCUT2D eigenvalue weighted by molar-refractivity contribution is 5.90. The quantitative estimate of drug-likeness (QED) is 0.706. The first kappa shape index (κ1) is 16.6. The molecule has 5 nitrogen and oxygen atoms in total. The predicted octanol–water partition coefficient (Wildman–Crippen LogP) is 4.36. The second-order valence-electron chi connectivity index (χ2n) is 6.94. The minimum atomic E-state index is -0.733. The first-order valence-corrected chi connectivity index (χ1v) is 8.94. The van der Waals surface area contributed by atoms with Gasteiger partial charge < -0.3 is 14.3 Å². The fraction of sp³-hybridized carbons (Fsp3) is 0.333. The number of benzene rings is 2. The van der Waals surface area contributed by atoms with Gasteiger partial charge in [0.15, 0.2) is 0 Å². The molecule has 0 saturated heterocycles. The Labute approximate surface area is 150 Å². The SMILES string of the molecule is O=C(O)C[C@H]1CC[C@H](Oc2ccc3oc4ccccc4c(=O)c3c2)CC1. The molecule has 1 aliphatic rings. The van der Waals surface area contributed by atoms with Crippen LogP contribution in [-0.2, 0) is 4.79 Å². The van der Waals surface area contributed by atoms with Crippen LogP contribution in [0.25, 0.3) is 21.9 Å². The number of para-hydroxylation sites is 1. The zero-order chi connectivity index (χ0) is 18.1. The molecule has 5 heteroatoms. The molecular formula is C21H20O5. The van der Waals surface area contributed by atoms with E-state index in [-0.39, 0.29) is 23.9 Å². The smallest absolute Gasteiger partial charge is 0.303 e. The highest BCUT2D eigenvalue weighted by Crippen LogP contribution is 2.30. The summed E-state index contributed by atoms with van der Waals surface area (Å²) in [5.41, 5.74) is 1.07. The summed E-state index contributed by atoms with van der Waals surface area (Å²) in [6, 6.07) is 12.6. The van der Waals surface area contributed by atoms with E-state index in [2.05, 4.69) is 0 Å². The summed E-state index contributed by atoms with van der Waals surface area (Å²) in [4.78, 5) is 23.5. The fourth-order valence-electron chi connectivity index (χ4n) is 3.75. The van der Waals surface area contributed by atoms with Crippen LogP contribution in [0.1, 0.15) is 32.1 Å². The zero-order valence-corrected chi connectivity index (χ0v) is 14.3. The van der Waals surface area contributed by atoms with E-state index in [9.17, 15) is 9.59 Å². The van der Waals surface area contributed by atoms with Crippen molar-refractivity contribution >= 4 is 27.9 Å². The Morgan fingerprint density at radius 3 is 2.54 bits per heavy atom. The van der Waals surface area contributed by atoms with E-state index in [1.807, 2.05) is 18.2 Å². The van der Waals surface area contributed by atoms with Gasteiger partial charge in [0.1, 0.15) is 16.9 Å². The van der Waals surface area contributed by atoms with Crippen molar-refractivity contribution in [1.82, 2.24) is 0 Å². The summed E-state index contributed by atoms with van der Waals surface area (Å²) in [5, 5.41) is 9.97. The Kier molecular flexibility index (Phi) is 4.37. The minimum Gasteiger partial charge on any atom is -0.490 e. The average molecular weight is 352 g/mol. The number of carboxylic acids is 1. The van der Waals surface area contributed by atoms with Crippen LogP contribution in [-0.4, -0.2) is 17.2 Å². The summed E-state index contributed by atoms with van der Waals surface area (Å²) >= 11 is 0. The van der Waals surface area contributed by atoms with Gasteiger partial charge >= 0.3 is 5.97 Å². The van der Waals surface area contributed by atoms with Crippen molar-refractivity contribution in [3.8, 4) is 5.75 Å². The van der Waals surface area contributed by atoms with Crippen LogP contribution < -0.4 is 10.2 Å². The highest BCUT2D eigenvalue weighted by Gasteiger charge is 2.24. The number of aliphatic carboxylic acids is 1. The number of hydrogen-bond donors (Lipinski definition) is 1. The van der Waals surface area contributed by atoms with Gasteiger partial charge in [-0.2, -0.15) is 0 Å². The molecule has 0 radical (unpaired) electrons. The summed E-state index contributed by atoms with van der Waals surface area (Å²) in [5.74, 6) is 0.159. The van der Waals surface area contributed by atoms with Gasteiger partial charge in [-0.15, -0.1) is 0 Å². The molecule has 0 atom stereocenters. The second kappa shape index (κ2) is 6.83. The monoisotopic (exact) mass is 352 g/mol. The molecule has 3 aromatic rings. The Hall–Kier alpha value is -2.82. The van der Waals surface area contributed by atoms with E-state index in [1.165, 1.54) is 0 Å². The molecule has 4 rings (SSSR count). The summed E-state index contributed by atoms with van der Waals surface area (Å²) in [7, 11) is 0. The first-order valence-electron chi connectivity index (χ1n) is 8.94. The highest BCUT2D eigenvalue weighted by atomic mass is 16.5. The Bertz CT molecular complexity index is 1010. The third kappa shape index (κ3) is 3.29. The van der Waals surface area contributed by atoms with Crippen LogP contribution in [0.15, 0.2) is 51.7 Å². The molecule has 1 aliphatic carbocycles. The fourth-order valence-corrected chi connectivity index (χ4v) is 3.75. The molecule has 1 heterocycles. The van der Waals surface area contributed by atoms with Gasteiger partial charge in [0, 0.05) is 6.42 Å². The van der Waals surface area contributed by atoms with Crippen LogP contribution in [0, 0.1) is 5.92 Å². The van der Waals surface area contributed by atoms with Gasteiger partial charge in [-0.25, -0.2) is 0 Å². The summed E-state index contributed by atoms with van der Waals surface area (Å²) < 4.78 is 11.9.